The fourth-order valence-corrected chi connectivity index (χ4v) is 3.25. The number of fused-ring (bicyclic) bond motifs is 1. The van der Waals surface area contributed by atoms with Crippen molar-refractivity contribution in [3.8, 4) is 0 Å². The van der Waals surface area contributed by atoms with Gasteiger partial charge in [0.1, 0.15) is 5.69 Å². The van der Waals surface area contributed by atoms with Crippen LogP contribution in [0.2, 0.25) is 0 Å². The van der Waals surface area contributed by atoms with Crippen molar-refractivity contribution in [1.29, 1.82) is 0 Å². The molecule has 0 unspecified atom stereocenters. The summed E-state index contributed by atoms with van der Waals surface area (Å²) in [5, 5.41) is 1.04. The SMILES string of the molecule is CCCCN(C[C@H]1C[C@H]1C(=O)OCC)C(=O)c1cc2ccccc2[nH]1. The lowest BCUT2D eigenvalue weighted by atomic mass is 10.2. The molecule has 2 atom stereocenters. The topological polar surface area (TPSA) is 62.4 Å². The van der Waals surface area contributed by atoms with Crippen LogP contribution in [0.4, 0.5) is 0 Å². The number of carbonyl (C=O) groups is 2. The van der Waals surface area contributed by atoms with Gasteiger partial charge in [0.15, 0.2) is 0 Å². The Labute approximate surface area is 148 Å². The van der Waals surface area contributed by atoms with E-state index >= 15 is 0 Å². The van der Waals surface area contributed by atoms with E-state index in [9.17, 15) is 9.59 Å². The van der Waals surface area contributed by atoms with Crippen molar-refractivity contribution < 1.29 is 14.3 Å². The molecule has 5 nitrogen and oxygen atoms in total. The Balaban J connectivity index is 1.69. The maximum Gasteiger partial charge on any atom is 0.309 e. The molecule has 1 N–H and O–H groups in total. The number of amides is 1. The van der Waals surface area contributed by atoms with Crippen molar-refractivity contribution in [2.24, 2.45) is 11.8 Å². The van der Waals surface area contributed by atoms with Gasteiger partial charge in [-0.1, -0.05) is 31.5 Å². The highest BCUT2D eigenvalue weighted by molar-refractivity contribution is 5.98. The first-order valence-electron chi connectivity index (χ1n) is 9.17. The Morgan fingerprint density at radius 3 is 2.80 bits per heavy atom. The van der Waals surface area contributed by atoms with E-state index in [4.69, 9.17) is 4.74 Å². The summed E-state index contributed by atoms with van der Waals surface area (Å²) in [6.45, 7) is 5.69. The third kappa shape index (κ3) is 4.03. The number of para-hydroxylation sites is 1. The molecule has 0 spiro atoms. The minimum absolute atomic E-state index is 0.0131. The van der Waals surface area contributed by atoms with E-state index < -0.39 is 0 Å². The highest BCUT2D eigenvalue weighted by atomic mass is 16.5. The number of hydrogen-bond donors (Lipinski definition) is 1. The first kappa shape index (κ1) is 17.5. The Kier molecular flexibility index (Phi) is 5.41. The van der Waals surface area contributed by atoms with Crippen LogP contribution in [-0.4, -0.2) is 41.5 Å². The van der Waals surface area contributed by atoms with E-state index in [-0.39, 0.29) is 23.7 Å². The highest BCUT2D eigenvalue weighted by Gasteiger charge is 2.45. The van der Waals surface area contributed by atoms with Gasteiger partial charge in [0, 0.05) is 24.0 Å². The van der Waals surface area contributed by atoms with Gasteiger partial charge in [-0.05, 0) is 37.8 Å². The van der Waals surface area contributed by atoms with Gasteiger partial charge in [0.05, 0.1) is 12.5 Å². The Morgan fingerprint density at radius 2 is 2.08 bits per heavy atom. The maximum atomic E-state index is 13.0. The molecule has 0 saturated heterocycles. The van der Waals surface area contributed by atoms with Crippen LogP contribution in [0.25, 0.3) is 10.9 Å². The molecule has 0 aliphatic heterocycles. The second-order valence-corrected chi connectivity index (χ2v) is 6.73. The second kappa shape index (κ2) is 7.72. The van der Waals surface area contributed by atoms with Crippen LogP contribution < -0.4 is 0 Å². The summed E-state index contributed by atoms with van der Waals surface area (Å²) in [5.41, 5.74) is 1.59. The molecule has 0 radical (unpaired) electrons. The van der Waals surface area contributed by atoms with E-state index in [0.29, 0.717) is 18.8 Å². The summed E-state index contributed by atoms with van der Waals surface area (Å²) < 4.78 is 5.10. The van der Waals surface area contributed by atoms with Gasteiger partial charge in [-0.25, -0.2) is 0 Å². The lowest BCUT2D eigenvalue weighted by Gasteiger charge is -2.22. The zero-order chi connectivity index (χ0) is 17.8. The van der Waals surface area contributed by atoms with Gasteiger partial charge >= 0.3 is 5.97 Å². The van der Waals surface area contributed by atoms with Crippen LogP contribution in [0.1, 0.15) is 43.6 Å². The summed E-state index contributed by atoms with van der Waals surface area (Å²) in [6.07, 6.45) is 2.81. The summed E-state index contributed by atoms with van der Waals surface area (Å²) in [6, 6.07) is 9.80. The van der Waals surface area contributed by atoms with Gasteiger partial charge in [-0.3, -0.25) is 9.59 Å². The molecule has 2 aromatic rings. The number of esters is 1. The van der Waals surface area contributed by atoms with Crippen LogP contribution in [0, 0.1) is 11.8 Å². The van der Waals surface area contributed by atoms with Gasteiger partial charge in [0.25, 0.3) is 5.91 Å². The molecule has 1 heterocycles. The third-order valence-electron chi connectivity index (χ3n) is 4.80. The predicted octanol–water partition coefficient (Wildman–Crippen LogP) is 3.61. The molecule has 1 aromatic heterocycles. The number of nitrogens with zero attached hydrogens (tertiary/aromatic N) is 1. The zero-order valence-electron chi connectivity index (χ0n) is 15.0. The van der Waals surface area contributed by atoms with Crippen molar-refractivity contribution in [3.05, 3.63) is 36.0 Å². The average molecular weight is 342 g/mol. The Hall–Kier alpha value is -2.30. The molecule has 1 saturated carbocycles. The average Bonchev–Trinajstić information content (AvgIpc) is 3.25. The quantitative estimate of drug-likeness (QED) is 0.746. The first-order valence-corrected chi connectivity index (χ1v) is 9.17. The summed E-state index contributed by atoms with van der Waals surface area (Å²) in [7, 11) is 0. The molecule has 1 aliphatic rings. The van der Waals surface area contributed by atoms with Gasteiger partial charge in [0.2, 0.25) is 0 Å². The molecule has 1 fully saturated rings. The number of unbranched alkanes of at least 4 members (excludes halogenated alkanes) is 1. The van der Waals surface area contributed by atoms with Gasteiger partial charge in [-0.15, -0.1) is 0 Å². The monoisotopic (exact) mass is 342 g/mol. The van der Waals surface area contributed by atoms with E-state index in [2.05, 4.69) is 11.9 Å². The normalized spacial score (nSPS) is 19.0. The standard InChI is InChI=1S/C20H26N2O3/c1-3-5-10-22(13-15-11-16(15)20(24)25-4-2)19(23)18-12-14-8-6-7-9-17(14)21-18/h6-9,12,15-16,21H,3-5,10-11,13H2,1-2H3/t15-,16-/m1/s1. The molecule has 5 heteroatoms. The second-order valence-electron chi connectivity index (χ2n) is 6.73. The lowest BCUT2D eigenvalue weighted by Crippen LogP contribution is -2.34. The highest BCUT2D eigenvalue weighted by Crippen LogP contribution is 2.40. The number of carbonyl (C=O) groups excluding carboxylic acids is 2. The minimum atomic E-state index is -0.124. The summed E-state index contributed by atoms with van der Waals surface area (Å²) >= 11 is 0. The third-order valence-corrected chi connectivity index (χ3v) is 4.80. The van der Waals surface area contributed by atoms with Gasteiger partial charge < -0.3 is 14.6 Å². The molecule has 3 rings (SSSR count). The van der Waals surface area contributed by atoms with E-state index in [1.807, 2.05) is 42.2 Å². The molecule has 134 valence electrons. The van der Waals surface area contributed by atoms with E-state index in [0.717, 1.165) is 36.7 Å². The number of ether oxygens (including phenoxy) is 1. The number of aromatic nitrogens is 1. The minimum Gasteiger partial charge on any atom is -0.466 e. The summed E-state index contributed by atoms with van der Waals surface area (Å²) in [5.74, 6) is 0.0731. The van der Waals surface area contributed by atoms with Crippen molar-refractivity contribution in [2.45, 2.75) is 33.1 Å². The van der Waals surface area contributed by atoms with Crippen LogP contribution in [0.5, 0.6) is 0 Å². The molecular weight excluding hydrogens is 316 g/mol. The number of hydrogen-bond acceptors (Lipinski definition) is 3. The Morgan fingerprint density at radius 1 is 1.28 bits per heavy atom. The van der Waals surface area contributed by atoms with E-state index in [1.165, 1.54) is 0 Å². The smallest absolute Gasteiger partial charge is 0.309 e. The molecule has 1 amide bonds. The van der Waals surface area contributed by atoms with Crippen molar-refractivity contribution in [1.82, 2.24) is 9.88 Å². The lowest BCUT2D eigenvalue weighted by molar-refractivity contribution is -0.145. The maximum absolute atomic E-state index is 13.0. The molecule has 0 bridgehead atoms. The molecular formula is C20H26N2O3. The van der Waals surface area contributed by atoms with Crippen LogP contribution in [0.3, 0.4) is 0 Å². The molecule has 1 aliphatic carbocycles. The van der Waals surface area contributed by atoms with Gasteiger partial charge in [-0.2, -0.15) is 0 Å². The van der Waals surface area contributed by atoms with Crippen molar-refractivity contribution >= 4 is 22.8 Å². The number of nitrogens with one attached hydrogen (secondary N) is 1. The zero-order valence-corrected chi connectivity index (χ0v) is 15.0. The van der Waals surface area contributed by atoms with Crippen molar-refractivity contribution in [2.75, 3.05) is 19.7 Å². The molecule has 25 heavy (non-hydrogen) atoms. The predicted molar refractivity (Wildman–Crippen MR) is 97.3 cm³/mol. The van der Waals surface area contributed by atoms with E-state index in [1.54, 1.807) is 0 Å². The van der Waals surface area contributed by atoms with Crippen LogP contribution >= 0.6 is 0 Å². The number of benzene rings is 1. The number of rotatable bonds is 8. The largest absolute Gasteiger partial charge is 0.466 e. The first-order chi connectivity index (χ1) is 12.1. The number of H-pyrrole nitrogens is 1. The van der Waals surface area contributed by atoms with Crippen LogP contribution in [-0.2, 0) is 9.53 Å². The Bertz CT molecular complexity index is 719. The van der Waals surface area contributed by atoms with Crippen molar-refractivity contribution in [3.63, 3.8) is 0 Å². The summed E-state index contributed by atoms with van der Waals surface area (Å²) in [4.78, 5) is 29.9. The number of aromatic amines is 1. The fraction of sp³-hybridized carbons (Fsp3) is 0.500. The fourth-order valence-electron chi connectivity index (χ4n) is 3.25. The molecule has 1 aromatic carbocycles. The van der Waals surface area contributed by atoms with Crippen LogP contribution in [0.15, 0.2) is 30.3 Å².